The van der Waals surface area contributed by atoms with Crippen LogP contribution in [-0.4, -0.2) is 58.3 Å². The first-order valence-electron chi connectivity index (χ1n) is 7.10. The Bertz CT molecular complexity index is 311. The maximum atomic E-state index is 6.65. The van der Waals surface area contributed by atoms with Crippen molar-refractivity contribution in [3.63, 3.8) is 0 Å². The van der Waals surface area contributed by atoms with Gasteiger partial charge in [0.1, 0.15) is 0 Å². The third kappa shape index (κ3) is 2.43. The third-order valence-electron chi connectivity index (χ3n) is 5.14. The predicted octanol–water partition coefficient (Wildman–Crippen LogP) is 0.380. The largest absolute Gasteiger partial charge is 0.382 e. The first-order valence-corrected chi connectivity index (χ1v) is 7.10. The van der Waals surface area contributed by atoms with E-state index in [-0.39, 0.29) is 17.1 Å². The van der Waals surface area contributed by atoms with Gasteiger partial charge in [0.2, 0.25) is 0 Å². The molecule has 4 atom stereocenters. The van der Waals surface area contributed by atoms with Crippen LogP contribution in [0.1, 0.15) is 20.3 Å². The first kappa shape index (κ1) is 15.2. The molecule has 0 bridgehead atoms. The summed E-state index contributed by atoms with van der Waals surface area (Å²) in [7, 11) is 3.39. The van der Waals surface area contributed by atoms with Crippen molar-refractivity contribution >= 4 is 0 Å². The fraction of sp³-hybridized carbons (Fsp3) is 1.00. The molecule has 5 nitrogen and oxygen atoms in total. The minimum absolute atomic E-state index is 0.0327. The Balaban J connectivity index is 1.85. The highest BCUT2D eigenvalue weighted by Crippen LogP contribution is 2.57. The van der Waals surface area contributed by atoms with Crippen molar-refractivity contribution in [2.45, 2.75) is 38.0 Å². The molecular weight excluding hydrogens is 244 g/mol. The summed E-state index contributed by atoms with van der Waals surface area (Å²) in [5.41, 5.74) is 6.50. The summed E-state index contributed by atoms with van der Waals surface area (Å²) >= 11 is 0. The summed E-state index contributed by atoms with van der Waals surface area (Å²) in [4.78, 5) is 0. The van der Waals surface area contributed by atoms with Crippen LogP contribution in [0.4, 0.5) is 0 Å². The summed E-state index contributed by atoms with van der Waals surface area (Å²) in [5, 5.41) is 3.45. The molecule has 1 aliphatic heterocycles. The van der Waals surface area contributed by atoms with Gasteiger partial charge in [-0.05, 0) is 6.42 Å². The lowest BCUT2D eigenvalue weighted by atomic mass is 9.48. The van der Waals surface area contributed by atoms with E-state index in [0.29, 0.717) is 18.6 Å². The Hall–Kier alpha value is -0.200. The van der Waals surface area contributed by atoms with Gasteiger partial charge in [0, 0.05) is 50.8 Å². The molecule has 0 aromatic carbocycles. The number of methoxy groups -OCH3 is 2. The minimum Gasteiger partial charge on any atom is -0.382 e. The van der Waals surface area contributed by atoms with Gasteiger partial charge >= 0.3 is 0 Å². The molecule has 2 rings (SSSR count). The van der Waals surface area contributed by atoms with Gasteiger partial charge in [0.15, 0.2) is 0 Å². The quantitative estimate of drug-likeness (QED) is 0.701. The second-order valence-electron chi connectivity index (χ2n) is 6.39. The second kappa shape index (κ2) is 5.66. The van der Waals surface area contributed by atoms with Crippen LogP contribution in [0.15, 0.2) is 0 Å². The van der Waals surface area contributed by atoms with E-state index in [1.807, 2.05) is 0 Å². The first-order chi connectivity index (χ1) is 8.97. The van der Waals surface area contributed by atoms with Crippen molar-refractivity contribution in [3.05, 3.63) is 0 Å². The van der Waals surface area contributed by atoms with Crippen LogP contribution in [0, 0.1) is 11.3 Å². The molecule has 0 aromatic heterocycles. The Morgan fingerprint density at radius 2 is 2.16 bits per heavy atom. The Labute approximate surface area is 116 Å². The van der Waals surface area contributed by atoms with Crippen molar-refractivity contribution in [2.24, 2.45) is 17.1 Å². The van der Waals surface area contributed by atoms with E-state index < -0.39 is 0 Å². The fourth-order valence-electron chi connectivity index (χ4n) is 3.67. The molecule has 0 spiro atoms. The van der Waals surface area contributed by atoms with Crippen molar-refractivity contribution in [3.8, 4) is 0 Å². The van der Waals surface area contributed by atoms with Crippen LogP contribution < -0.4 is 11.1 Å². The van der Waals surface area contributed by atoms with Gasteiger partial charge in [-0.15, -0.1) is 0 Å². The number of hydrogen-bond acceptors (Lipinski definition) is 5. The highest BCUT2D eigenvalue weighted by Gasteiger charge is 2.67. The molecule has 1 heterocycles. The molecule has 4 unspecified atom stereocenters. The summed E-state index contributed by atoms with van der Waals surface area (Å²) in [6, 6.07) is 0. The third-order valence-corrected chi connectivity index (χ3v) is 5.14. The molecule has 0 amide bonds. The van der Waals surface area contributed by atoms with Gasteiger partial charge in [-0.2, -0.15) is 0 Å². The zero-order chi connectivity index (χ0) is 14.1. The zero-order valence-electron chi connectivity index (χ0n) is 12.6. The van der Waals surface area contributed by atoms with Crippen LogP contribution in [0.25, 0.3) is 0 Å². The summed E-state index contributed by atoms with van der Waals surface area (Å²) in [6.07, 6.45) is 1.49. The van der Waals surface area contributed by atoms with E-state index in [1.54, 1.807) is 14.2 Å². The van der Waals surface area contributed by atoms with Gasteiger partial charge in [-0.1, -0.05) is 13.8 Å². The van der Waals surface area contributed by atoms with Gasteiger partial charge in [0.25, 0.3) is 0 Å². The van der Waals surface area contributed by atoms with Crippen molar-refractivity contribution in [1.82, 2.24) is 5.32 Å². The normalized spacial score (nSPS) is 37.7. The minimum atomic E-state index is -0.181. The van der Waals surface area contributed by atoms with Crippen LogP contribution in [0.2, 0.25) is 0 Å². The monoisotopic (exact) mass is 272 g/mol. The molecule has 1 aliphatic carbocycles. The molecule has 1 saturated carbocycles. The van der Waals surface area contributed by atoms with Crippen LogP contribution in [-0.2, 0) is 14.2 Å². The molecule has 3 N–H and O–H groups in total. The van der Waals surface area contributed by atoms with Gasteiger partial charge < -0.3 is 25.3 Å². The zero-order valence-corrected chi connectivity index (χ0v) is 12.6. The van der Waals surface area contributed by atoms with Crippen molar-refractivity contribution in [2.75, 3.05) is 40.5 Å². The summed E-state index contributed by atoms with van der Waals surface area (Å²) in [5.74, 6) is 0.485. The molecule has 2 aliphatic rings. The average molecular weight is 272 g/mol. The maximum absolute atomic E-state index is 6.65. The Kier molecular flexibility index (Phi) is 4.52. The van der Waals surface area contributed by atoms with Crippen molar-refractivity contribution in [1.29, 1.82) is 0 Å². The van der Waals surface area contributed by atoms with Crippen LogP contribution >= 0.6 is 0 Å². The molecule has 0 radical (unpaired) electrons. The smallest absolute Gasteiger partial charge is 0.0928 e. The highest BCUT2D eigenvalue weighted by molar-refractivity contribution is 5.21. The summed E-state index contributed by atoms with van der Waals surface area (Å²) < 4.78 is 16.3. The highest BCUT2D eigenvalue weighted by atomic mass is 16.5. The van der Waals surface area contributed by atoms with E-state index in [4.69, 9.17) is 19.9 Å². The van der Waals surface area contributed by atoms with Crippen LogP contribution in [0.3, 0.4) is 0 Å². The lowest BCUT2D eigenvalue weighted by Gasteiger charge is -2.62. The van der Waals surface area contributed by atoms with Crippen molar-refractivity contribution < 1.29 is 14.2 Å². The number of rotatable bonds is 7. The molecule has 1 saturated heterocycles. The standard InChI is InChI=1S/C14H28N2O3/c1-13(2)12-11(5-6-19-12)14(13,15)9-16-7-10(18-4)8-17-3/h10-12,16H,5-9,15H2,1-4H3. The number of fused-ring (bicyclic) bond motifs is 1. The second-order valence-corrected chi connectivity index (χ2v) is 6.39. The summed E-state index contributed by atoms with van der Waals surface area (Å²) in [6.45, 7) is 7.43. The molecule has 19 heavy (non-hydrogen) atoms. The van der Waals surface area contributed by atoms with Crippen LogP contribution in [0.5, 0.6) is 0 Å². The van der Waals surface area contributed by atoms with E-state index in [9.17, 15) is 0 Å². The maximum Gasteiger partial charge on any atom is 0.0928 e. The fourth-order valence-corrected chi connectivity index (χ4v) is 3.67. The number of ether oxygens (including phenoxy) is 3. The van der Waals surface area contributed by atoms with E-state index in [1.165, 1.54) is 0 Å². The predicted molar refractivity (Wildman–Crippen MR) is 74.1 cm³/mol. The molecule has 5 heteroatoms. The van der Waals surface area contributed by atoms with E-state index in [0.717, 1.165) is 26.1 Å². The van der Waals surface area contributed by atoms with Gasteiger partial charge in [-0.25, -0.2) is 0 Å². The SMILES string of the molecule is COCC(CNCC1(N)C2CCOC2C1(C)C)OC. The number of hydrogen-bond donors (Lipinski definition) is 2. The van der Waals surface area contributed by atoms with E-state index in [2.05, 4.69) is 19.2 Å². The van der Waals surface area contributed by atoms with Gasteiger partial charge in [-0.3, -0.25) is 0 Å². The lowest BCUT2D eigenvalue weighted by Crippen LogP contribution is -2.78. The molecular formula is C14H28N2O3. The molecule has 112 valence electrons. The molecule has 2 fully saturated rings. The average Bonchev–Trinajstić information content (AvgIpc) is 2.85. The van der Waals surface area contributed by atoms with E-state index >= 15 is 0 Å². The number of nitrogens with two attached hydrogens (primary N) is 1. The van der Waals surface area contributed by atoms with Gasteiger partial charge in [0.05, 0.1) is 18.8 Å². The Morgan fingerprint density at radius 3 is 2.79 bits per heavy atom. The molecule has 0 aromatic rings. The number of nitrogens with one attached hydrogen (secondary N) is 1. The lowest BCUT2D eigenvalue weighted by molar-refractivity contribution is -0.153. The topological polar surface area (TPSA) is 65.7 Å². The Morgan fingerprint density at radius 1 is 1.42 bits per heavy atom.